The summed E-state index contributed by atoms with van der Waals surface area (Å²) in [4.78, 5) is 7.15. The molecule has 0 aliphatic carbocycles. The van der Waals surface area contributed by atoms with Gasteiger partial charge in [-0.05, 0) is 37.1 Å². The third kappa shape index (κ3) is 4.16. The summed E-state index contributed by atoms with van der Waals surface area (Å²) < 4.78 is 12.7. The topological polar surface area (TPSA) is 39.5 Å². The Labute approximate surface area is 144 Å². The summed E-state index contributed by atoms with van der Waals surface area (Å²) in [6.45, 7) is 4.81. The summed E-state index contributed by atoms with van der Waals surface area (Å²) in [6, 6.07) is 8.38. The molecular formula is C19H27N3O2. The second-order valence-corrected chi connectivity index (χ2v) is 6.39. The number of hydrogen-bond acceptors (Lipinski definition) is 4. The Hall–Kier alpha value is -1.85. The van der Waals surface area contributed by atoms with Gasteiger partial charge in [-0.15, -0.1) is 0 Å². The number of benzene rings is 1. The first-order chi connectivity index (χ1) is 11.8. The van der Waals surface area contributed by atoms with Crippen LogP contribution < -0.4 is 4.74 Å². The Morgan fingerprint density at radius 1 is 1.21 bits per heavy atom. The fourth-order valence-electron chi connectivity index (χ4n) is 3.46. The number of piperidine rings is 1. The predicted octanol–water partition coefficient (Wildman–Crippen LogP) is 2.92. The molecular weight excluding hydrogens is 302 g/mol. The van der Waals surface area contributed by atoms with Crippen LogP contribution in [-0.4, -0.2) is 48.4 Å². The van der Waals surface area contributed by atoms with Gasteiger partial charge in [-0.2, -0.15) is 0 Å². The van der Waals surface area contributed by atoms with Crippen LogP contribution >= 0.6 is 0 Å². The molecule has 1 aliphatic heterocycles. The summed E-state index contributed by atoms with van der Waals surface area (Å²) in [7, 11) is 3.45. The molecule has 1 saturated heterocycles. The summed E-state index contributed by atoms with van der Waals surface area (Å²) >= 11 is 0. The number of nitrogens with zero attached hydrogens (tertiary/aromatic N) is 3. The molecule has 0 saturated carbocycles. The van der Waals surface area contributed by atoms with Crippen molar-refractivity contribution in [2.75, 3.05) is 33.9 Å². The van der Waals surface area contributed by atoms with Gasteiger partial charge in [-0.3, -0.25) is 4.90 Å². The minimum atomic E-state index is 0.504. The van der Waals surface area contributed by atoms with Gasteiger partial charge in [0.25, 0.3) is 0 Å². The van der Waals surface area contributed by atoms with Crippen molar-refractivity contribution in [1.29, 1.82) is 0 Å². The molecule has 3 rings (SSSR count). The maximum absolute atomic E-state index is 5.24. The first kappa shape index (κ1) is 17.0. The summed E-state index contributed by atoms with van der Waals surface area (Å²) in [5, 5.41) is 0. The van der Waals surface area contributed by atoms with Crippen LogP contribution in [0.4, 0.5) is 0 Å². The summed E-state index contributed by atoms with van der Waals surface area (Å²) in [5.41, 5.74) is 1.33. The lowest BCUT2D eigenvalue weighted by atomic mass is 9.96. The Kier molecular flexibility index (Phi) is 5.88. The van der Waals surface area contributed by atoms with Crippen LogP contribution in [-0.2, 0) is 17.8 Å². The van der Waals surface area contributed by atoms with Gasteiger partial charge in [0.15, 0.2) is 0 Å². The van der Waals surface area contributed by atoms with Crippen LogP contribution in [0.1, 0.15) is 30.1 Å². The molecule has 1 aromatic heterocycles. The van der Waals surface area contributed by atoms with Crippen LogP contribution in [0.5, 0.6) is 5.75 Å². The van der Waals surface area contributed by atoms with E-state index < -0.39 is 0 Å². The quantitative estimate of drug-likeness (QED) is 0.783. The van der Waals surface area contributed by atoms with E-state index in [4.69, 9.17) is 9.47 Å². The lowest BCUT2D eigenvalue weighted by Crippen LogP contribution is -2.35. The van der Waals surface area contributed by atoms with Crippen molar-refractivity contribution in [1.82, 2.24) is 14.5 Å². The molecule has 130 valence electrons. The summed E-state index contributed by atoms with van der Waals surface area (Å²) in [6.07, 6.45) is 6.41. The highest BCUT2D eigenvalue weighted by molar-refractivity contribution is 5.27. The van der Waals surface area contributed by atoms with Crippen LogP contribution in [0.2, 0.25) is 0 Å². The van der Waals surface area contributed by atoms with E-state index in [2.05, 4.69) is 32.8 Å². The SMILES string of the molecule is COCCn1ccnc1C1CCCN(Cc2ccc(OC)cc2)C1. The number of aromatic nitrogens is 2. The number of methoxy groups -OCH3 is 2. The first-order valence-corrected chi connectivity index (χ1v) is 8.65. The molecule has 2 aromatic rings. The lowest BCUT2D eigenvalue weighted by Gasteiger charge is -2.32. The van der Waals surface area contributed by atoms with Gasteiger partial charge < -0.3 is 14.0 Å². The smallest absolute Gasteiger partial charge is 0.118 e. The van der Waals surface area contributed by atoms with Gasteiger partial charge in [-0.25, -0.2) is 4.98 Å². The largest absolute Gasteiger partial charge is 0.497 e. The van der Waals surface area contributed by atoms with Gasteiger partial charge in [0.1, 0.15) is 11.6 Å². The Bertz CT molecular complexity index is 624. The summed E-state index contributed by atoms with van der Waals surface area (Å²) in [5.74, 6) is 2.62. The van der Waals surface area contributed by atoms with Gasteiger partial charge in [0, 0.05) is 45.1 Å². The van der Waals surface area contributed by atoms with E-state index in [9.17, 15) is 0 Å². The maximum Gasteiger partial charge on any atom is 0.118 e. The second kappa shape index (κ2) is 8.31. The van der Waals surface area contributed by atoms with Crippen molar-refractivity contribution in [2.45, 2.75) is 31.8 Å². The standard InChI is InChI=1S/C19H27N3O2/c1-23-13-12-22-11-9-20-19(22)17-4-3-10-21(15-17)14-16-5-7-18(24-2)8-6-16/h5-9,11,17H,3-4,10,12-15H2,1-2H3. The minimum absolute atomic E-state index is 0.504. The molecule has 0 spiro atoms. The molecule has 0 radical (unpaired) electrons. The van der Waals surface area contributed by atoms with E-state index in [0.29, 0.717) is 5.92 Å². The van der Waals surface area contributed by atoms with Crippen molar-refractivity contribution in [3.63, 3.8) is 0 Å². The Balaban J connectivity index is 1.62. The highest BCUT2D eigenvalue weighted by Gasteiger charge is 2.24. The lowest BCUT2D eigenvalue weighted by molar-refractivity contribution is 0.177. The Morgan fingerprint density at radius 3 is 2.79 bits per heavy atom. The first-order valence-electron chi connectivity index (χ1n) is 8.65. The molecule has 1 atom stereocenters. The fourth-order valence-corrected chi connectivity index (χ4v) is 3.46. The zero-order valence-electron chi connectivity index (χ0n) is 14.6. The van der Waals surface area contributed by atoms with Crippen molar-refractivity contribution >= 4 is 0 Å². The van der Waals surface area contributed by atoms with Crippen molar-refractivity contribution in [3.8, 4) is 5.75 Å². The van der Waals surface area contributed by atoms with Gasteiger partial charge in [-0.1, -0.05) is 12.1 Å². The van der Waals surface area contributed by atoms with Crippen molar-refractivity contribution < 1.29 is 9.47 Å². The Morgan fingerprint density at radius 2 is 2.04 bits per heavy atom. The number of rotatable bonds is 7. The van der Waals surface area contributed by atoms with Gasteiger partial charge in [0.05, 0.1) is 13.7 Å². The third-order valence-electron chi connectivity index (χ3n) is 4.72. The van der Waals surface area contributed by atoms with E-state index in [1.165, 1.54) is 24.2 Å². The molecule has 1 aromatic carbocycles. The van der Waals surface area contributed by atoms with E-state index in [0.717, 1.165) is 38.5 Å². The molecule has 2 heterocycles. The normalized spacial score (nSPS) is 18.7. The minimum Gasteiger partial charge on any atom is -0.497 e. The second-order valence-electron chi connectivity index (χ2n) is 6.39. The number of hydrogen-bond donors (Lipinski definition) is 0. The van der Waals surface area contributed by atoms with Crippen LogP contribution in [0.3, 0.4) is 0 Å². The van der Waals surface area contributed by atoms with Crippen molar-refractivity contribution in [2.24, 2.45) is 0 Å². The molecule has 1 fully saturated rings. The van der Waals surface area contributed by atoms with Crippen LogP contribution in [0.15, 0.2) is 36.7 Å². The van der Waals surface area contributed by atoms with E-state index >= 15 is 0 Å². The predicted molar refractivity (Wildman–Crippen MR) is 94.3 cm³/mol. The highest BCUT2D eigenvalue weighted by Crippen LogP contribution is 2.27. The van der Waals surface area contributed by atoms with Crippen molar-refractivity contribution in [3.05, 3.63) is 48.0 Å². The molecule has 0 amide bonds. The molecule has 5 heteroatoms. The monoisotopic (exact) mass is 329 g/mol. The third-order valence-corrected chi connectivity index (χ3v) is 4.72. The molecule has 0 bridgehead atoms. The highest BCUT2D eigenvalue weighted by atomic mass is 16.5. The number of ether oxygens (including phenoxy) is 2. The zero-order valence-corrected chi connectivity index (χ0v) is 14.6. The van der Waals surface area contributed by atoms with Gasteiger partial charge in [0.2, 0.25) is 0 Å². The van der Waals surface area contributed by atoms with Crippen LogP contribution in [0, 0.1) is 0 Å². The molecule has 1 aliphatic rings. The fraction of sp³-hybridized carbons (Fsp3) is 0.526. The molecule has 5 nitrogen and oxygen atoms in total. The van der Waals surface area contributed by atoms with E-state index in [-0.39, 0.29) is 0 Å². The zero-order chi connectivity index (χ0) is 16.8. The van der Waals surface area contributed by atoms with E-state index in [1.54, 1.807) is 14.2 Å². The maximum atomic E-state index is 5.24. The molecule has 0 N–H and O–H groups in total. The average Bonchev–Trinajstić information content (AvgIpc) is 3.09. The number of imidazole rings is 1. The van der Waals surface area contributed by atoms with E-state index in [1.807, 2.05) is 18.3 Å². The molecule has 24 heavy (non-hydrogen) atoms. The van der Waals surface area contributed by atoms with Crippen LogP contribution in [0.25, 0.3) is 0 Å². The average molecular weight is 329 g/mol. The molecule has 1 unspecified atom stereocenters. The van der Waals surface area contributed by atoms with Gasteiger partial charge >= 0.3 is 0 Å². The number of likely N-dealkylation sites (tertiary alicyclic amines) is 1.